The minimum absolute atomic E-state index is 0.199. The van der Waals surface area contributed by atoms with Gasteiger partial charge in [-0.2, -0.15) is 0 Å². The summed E-state index contributed by atoms with van der Waals surface area (Å²) >= 11 is 0. The third kappa shape index (κ3) is 18.8. The monoisotopic (exact) mass is 378 g/mol. The van der Waals surface area contributed by atoms with Crippen LogP contribution in [0.1, 0.15) is 6.42 Å². The molecule has 0 atom stereocenters. The lowest BCUT2D eigenvalue weighted by molar-refractivity contribution is -0.142. The Labute approximate surface area is 154 Å². The van der Waals surface area contributed by atoms with Gasteiger partial charge in [0.25, 0.3) is 0 Å². The molecule has 0 aromatic carbocycles. The molecular weight excluding hydrogens is 348 g/mol. The van der Waals surface area contributed by atoms with Crippen molar-refractivity contribution >= 4 is 11.9 Å². The molecule has 0 unspecified atom stereocenters. The number of hydrogen-bond donors (Lipinski definition) is 0. The SMILES string of the molecule is C=CC(=O)OCCOCCOCCOCCOCCOCCC(=O)OC. The topological polar surface area (TPSA) is 98.8 Å². The highest BCUT2D eigenvalue weighted by Gasteiger charge is 1.99. The molecule has 0 saturated heterocycles. The fourth-order valence-corrected chi connectivity index (χ4v) is 1.50. The Bertz CT molecular complexity index is 360. The smallest absolute Gasteiger partial charge is 0.330 e. The highest BCUT2D eigenvalue weighted by atomic mass is 16.6. The first kappa shape index (κ1) is 24.5. The van der Waals surface area contributed by atoms with E-state index in [9.17, 15) is 9.59 Å². The Balaban J connectivity index is 3.06. The largest absolute Gasteiger partial charge is 0.469 e. The summed E-state index contributed by atoms with van der Waals surface area (Å²) < 4.78 is 35.6. The highest BCUT2D eigenvalue weighted by Crippen LogP contribution is 1.88. The number of methoxy groups -OCH3 is 1. The van der Waals surface area contributed by atoms with Crippen LogP contribution in [0.2, 0.25) is 0 Å². The minimum Gasteiger partial charge on any atom is -0.469 e. The van der Waals surface area contributed by atoms with E-state index in [1.807, 2.05) is 0 Å². The highest BCUT2D eigenvalue weighted by molar-refractivity contribution is 5.81. The molecule has 0 N–H and O–H groups in total. The van der Waals surface area contributed by atoms with E-state index in [1.54, 1.807) is 0 Å². The summed E-state index contributed by atoms with van der Waals surface area (Å²) in [5, 5.41) is 0. The summed E-state index contributed by atoms with van der Waals surface area (Å²) in [5.74, 6) is -0.751. The van der Waals surface area contributed by atoms with E-state index in [0.717, 1.165) is 6.08 Å². The van der Waals surface area contributed by atoms with Gasteiger partial charge >= 0.3 is 11.9 Å². The Hall–Kier alpha value is -1.52. The molecule has 0 aliphatic heterocycles. The normalized spacial score (nSPS) is 10.5. The van der Waals surface area contributed by atoms with Crippen LogP contribution in [0.4, 0.5) is 0 Å². The van der Waals surface area contributed by atoms with Crippen molar-refractivity contribution in [3.63, 3.8) is 0 Å². The van der Waals surface area contributed by atoms with Crippen molar-refractivity contribution in [3.8, 4) is 0 Å². The molecule has 0 fully saturated rings. The number of carbonyl (C=O) groups excluding carboxylic acids is 2. The molecule has 9 heteroatoms. The fourth-order valence-electron chi connectivity index (χ4n) is 1.50. The van der Waals surface area contributed by atoms with Crippen molar-refractivity contribution in [1.29, 1.82) is 0 Å². The molecule has 0 heterocycles. The molecule has 0 spiro atoms. The van der Waals surface area contributed by atoms with Crippen LogP contribution in [0.3, 0.4) is 0 Å². The summed E-state index contributed by atoms with van der Waals surface area (Å²) in [6, 6.07) is 0. The number of esters is 2. The maximum Gasteiger partial charge on any atom is 0.330 e. The second-order valence-electron chi connectivity index (χ2n) is 4.76. The van der Waals surface area contributed by atoms with Gasteiger partial charge in [-0.1, -0.05) is 6.58 Å². The summed E-state index contributed by atoms with van der Waals surface area (Å²) in [6.07, 6.45) is 1.35. The summed E-state index contributed by atoms with van der Waals surface area (Å²) in [5.41, 5.74) is 0. The second kappa shape index (κ2) is 19.8. The molecule has 26 heavy (non-hydrogen) atoms. The second-order valence-corrected chi connectivity index (χ2v) is 4.76. The van der Waals surface area contributed by atoms with Crippen molar-refractivity contribution < 1.29 is 42.7 Å². The molecule has 0 aliphatic carbocycles. The van der Waals surface area contributed by atoms with Crippen molar-refractivity contribution in [2.45, 2.75) is 6.42 Å². The standard InChI is InChI=1S/C17H30O9/c1-3-16(18)26-15-14-25-13-12-24-11-10-23-9-8-22-7-6-21-5-4-17(19)20-2/h3H,1,4-15H2,2H3. The number of rotatable bonds is 19. The first-order valence-corrected chi connectivity index (χ1v) is 8.45. The van der Waals surface area contributed by atoms with E-state index in [2.05, 4.69) is 11.3 Å². The maximum absolute atomic E-state index is 10.8. The molecular formula is C17H30O9. The average Bonchev–Trinajstić information content (AvgIpc) is 2.66. The summed E-state index contributed by atoms with van der Waals surface area (Å²) in [4.78, 5) is 21.6. The van der Waals surface area contributed by atoms with Crippen molar-refractivity contribution in [1.82, 2.24) is 0 Å². The van der Waals surface area contributed by atoms with Gasteiger partial charge in [0.1, 0.15) is 6.61 Å². The van der Waals surface area contributed by atoms with E-state index in [1.165, 1.54) is 7.11 Å². The van der Waals surface area contributed by atoms with Gasteiger partial charge in [0.2, 0.25) is 0 Å². The van der Waals surface area contributed by atoms with Gasteiger partial charge in [0.05, 0.1) is 79.6 Å². The molecule has 0 aliphatic rings. The maximum atomic E-state index is 10.8. The van der Waals surface area contributed by atoms with Crippen LogP contribution < -0.4 is 0 Å². The zero-order chi connectivity index (χ0) is 19.3. The van der Waals surface area contributed by atoms with Gasteiger partial charge in [-0.05, 0) is 0 Å². The van der Waals surface area contributed by atoms with Crippen LogP contribution in [0, 0.1) is 0 Å². The van der Waals surface area contributed by atoms with E-state index in [-0.39, 0.29) is 19.0 Å². The van der Waals surface area contributed by atoms with Crippen molar-refractivity contribution in [2.75, 3.05) is 79.8 Å². The van der Waals surface area contributed by atoms with E-state index in [0.29, 0.717) is 66.1 Å². The number of hydrogen-bond acceptors (Lipinski definition) is 9. The van der Waals surface area contributed by atoms with Crippen molar-refractivity contribution in [3.05, 3.63) is 12.7 Å². The molecule has 0 saturated carbocycles. The zero-order valence-electron chi connectivity index (χ0n) is 15.4. The van der Waals surface area contributed by atoms with Gasteiger partial charge in [-0.15, -0.1) is 0 Å². The number of carbonyl (C=O) groups is 2. The van der Waals surface area contributed by atoms with Crippen LogP contribution in [0.15, 0.2) is 12.7 Å². The third-order valence-corrected chi connectivity index (χ3v) is 2.80. The van der Waals surface area contributed by atoms with Gasteiger partial charge in [0.15, 0.2) is 0 Å². The Morgan fingerprint density at radius 3 is 1.46 bits per heavy atom. The third-order valence-electron chi connectivity index (χ3n) is 2.80. The van der Waals surface area contributed by atoms with Crippen LogP contribution in [0.5, 0.6) is 0 Å². The molecule has 0 bridgehead atoms. The molecule has 0 rings (SSSR count). The molecule has 152 valence electrons. The van der Waals surface area contributed by atoms with Crippen LogP contribution in [-0.2, 0) is 42.7 Å². The molecule has 0 aromatic heterocycles. The van der Waals surface area contributed by atoms with Gasteiger partial charge in [-0.3, -0.25) is 4.79 Å². The molecule has 0 radical (unpaired) electrons. The summed E-state index contributed by atoms with van der Waals surface area (Å²) in [7, 11) is 1.34. The van der Waals surface area contributed by atoms with Crippen molar-refractivity contribution in [2.24, 2.45) is 0 Å². The summed E-state index contributed by atoms with van der Waals surface area (Å²) in [6.45, 7) is 7.74. The predicted octanol–water partition coefficient (Wildman–Crippen LogP) is 0.362. The molecule has 0 amide bonds. The van der Waals surface area contributed by atoms with E-state index >= 15 is 0 Å². The van der Waals surface area contributed by atoms with E-state index in [4.69, 9.17) is 28.4 Å². The average molecular weight is 378 g/mol. The molecule has 9 nitrogen and oxygen atoms in total. The molecule has 0 aromatic rings. The first-order valence-electron chi connectivity index (χ1n) is 8.45. The lowest BCUT2D eigenvalue weighted by atomic mass is 10.5. The van der Waals surface area contributed by atoms with E-state index < -0.39 is 5.97 Å². The Kier molecular flexibility index (Phi) is 18.6. The predicted molar refractivity (Wildman–Crippen MR) is 91.9 cm³/mol. The van der Waals surface area contributed by atoms with Gasteiger partial charge in [-0.25, -0.2) is 4.79 Å². The van der Waals surface area contributed by atoms with Crippen LogP contribution in [-0.4, -0.2) is 91.7 Å². The van der Waals surface area contributed by atoms with Crippen LogP contribution >= 0.6 is 0 Å². The Morgan fingerprint density at radius 2 is 1.08 bits per heavy atom. The first-order chi connectivity index (χ1) is 12.7. The fraction of sp³-hybridized carbons (Fsp3) is 0.765. The van der Waals surface area contributed by atoms with Crippen LogP contribution in [0.25, 0.3) is 0 Å². The minimum atomic E-state index is -0.461. The van der Waals surface area contributed by atoms with Gasteiger partial charge < -0.3 is 33.2 Å². The Morgan fingerprint density at radius 1 is 0.692 bits per heavy atom. The zero-order valence-corrected chi connectivity index (χ0v) is 15.4. The quantitative estimate of drug-likeness (QED) is 0.179. The lowest BCUT2D eigenvalue weighted by Gasteiger charge is -2.08. The lowest BCUT2D eigenvalue weighted by Crippen LogP contribution is -2.14. The number of ether oxygens (including phenoxy) is 7. The van der Waals surface area contributed by atoms with Gasteiger partial charge in [0, 0.05) is 6.08 Å².